The van der Waals surface area contributed by atoms with Crippen LogP contribution in [0.3, 0.4) is 0 Å². The Balaban J connectivity index is 0.000000221. The van der Waals surface area contributed by atoms with E-state index in [1.54, 1.807) is 0 Å². The van der Waals surface area contributed by atoms with Gasteiger partial charge in [0.2, 0.25) is 11.8 Å². The molecule has 13 heteroatoms. The minimum Gasteiger partial charge on any atom is -0.489 e. The van der Waals surface area contributed by atoms with E-state index in [2.05, 4.69) is 47.9 Å². The molecule has 0 unspecified atom stereocenters. The largest absolute Gasteiger partial charge is 0.489 e. The molecule has 0 aromatic heterocycles. The molecular formula is C45H54F4N4O5. The van der Waals surface area contributed by atoms with Crippen molar-refractivity contribution >= 4 is 11.8 Å². The van der Waals surface area contributed by atoms with Crippen LogP contribution in [0.15, 0.2) is 84.9 Å². The molecule has 2 saturated heterocycles. The number of aliphatic hydroxyl groups is 1. The number of nitrogens with zero attached hydrogens (tertiary/aromatic N) is 4. The highest BCUT2D eigenvalue weighted by Crippen LogP contribution is 2.20. The molecule has 2 aliphatic heterocycles. The summed E-state index contributed by atoms with van der Waals surface area (Å²) >= 11 is 0. The zero-order chi connectivity index (χ0) is 41.4. The Bertz CT molecular complexity index is 1900. The average Bonchev–Trinajstić information content (AvgIpc) is 3.22. The molecule has 0 bridgehead atoms. The summed E-state index contributed by atoms with van der Waals surface area (Å²) in [6.07, 6.45) is 1.63. The summed E-state index contributed by atoms with van der Waals surface area (Å²) in [6.45, 7) is 11.9. The smallest absolute Gasteiger partial charge is 0.227 e. The van der Waals surface area contributed by atoms with Crippen molar-refractivity contribution in [2.24, 2.45) is 0 Å². The lowest BCUT2D eigenvalue weighted by molar-refractivity contribution is -0.133. The van der Waals surface area contributed by atoms with Crippen LogP contribution in [0.2, 0.25) is 0 Å². The molecule has 2 amide bonds. The average molecular weight is 807 g/mol. The molecule has 4 aromatic carbocycles. The van der Waals surface area contributed by atoms with Gasteiger partial charge in [-0.3, -0.25) is 19.4 Å². The maximum Gasteiger partial charge on any atom is 0.227 e. The number of piperazine rings is 2. The summed E-state index contributed by atoms with van der Waals surface area (Å²) in [5.74, 6) is -1.76. The van der Waals surface area contributed by atoms with Crippen molar-refractivity contribution in [3.8, 4) is 11.5 Å². The van der Waals surface area contributed by atoms with Crippen LogP contribution in [0, 0.1) is 23.3 Å². The zero-order valence-corrected chi connectivity index (χ0v) is 33.4. The Labute approximate surface area is 338 Å². The number of benzene rings is 4. The normalized spacial score (nSPS) is 14.9. The maximum atomic E-state index is 13.6. The monoisotopic (exact) mass is 806 g/mol. The van der Waals surface area contributed by atoms with E-state index >= 15 is 0 Å². The Hall–Kier alpha value is -4.98. The molecule has 9 nitrogen and oxygen atoms in total. The molecule has 2 fully saturated rings. The topological polar surface area (TPSA) is 85.8 Å². The third kappa shape index (κ3) is 13.8. The molecule has 0 spiro atoms. The first-order valence-electron chi connectivity index (χ1n) is 19.9. The van der Waals surface area contributed by atoms with Crippen LogP contribution in [0.1, 0.15) is 48.4 Å². The van der Waals surface area contributed by atoms with E-state index in [-0.39, 0.29) is 29.9 Å². The summed E-state index contributed by atoms with van der Waals surface area (Å²) in [5.41, 5.74) is 4.26. The molecule has 58 heavy (non-hydrogen) atoms. The van der Waals surface area contributed by atoms with E-state index < -0.39 is 23.3 Å². The van der Waals surface area contributed by atoms with Crippen LogP contribution in [0.25, 0.3) is 0 Å². The number of aliphatic hydroxyl groups excluding tert-OH is 1. The number of rotatable bonds is 15. The van der Waals surface area contributed by atoms with Crippen LogP contribution in [0.4, 0.5) is 17.6 Å². The van der Waals surface area contributed by atoms with Gasteiger partial charge in [-0.1, -0.05) is 62.4 Å². The predicted molar refractivity (Wildman–Crippen MR) is 215 cm³/mol. The Kier molecular flexibility index (Phi) is 16.9. The summed E-state index contributed by atoms with van der Waals surface area (Å²) < 4.78 is 63.7. The summed E-state index contributed by atoms with van der Waals surface area (Å²) in [5, 5.41) is 9.07. The van der Waals surface area contributed by atoms with E-state index in [0.29, 0.717) is 71.2 Å². The van der Waals surface area contributed by atoms with E-state index in [1.165, 1.54) is 35.4 Å². The number of hydrogen-bond donors (Lipinski definition) is 1. The molecule has 0 saturated carbocycles. The lowest BCUT2D eigenvalue weighted by Gasteiger charge is -2.34. The number of carbonyl (C=O) groups excluding carboxylic acids is 2. The maximum absolute atomic E-state index is 13.6. The standard InChI is InChI=1S/C24H30F2N2O2.C21H24F2N2O3/c1-18(2)20-6-3-19(4-7-20)5-10-24(29)28-13-11-27(12-14-28)15-16-30-23-9-8-21(25)17-22(23)26;22-18-5-6-20(19(23)14-18)28-12-11-24-7-9-25(10-8-24)21(27)13-16-1-3-17(15-26)4-2-16/h3-4,6-9,17-18H,5,10-16H2,1-2H3;1-6,14,26H,7-13,15H2. The second kappa shape index (κ2) is 22.2. The molecule has 2 aliphatic rings. The van der Waals surface area contributed by atoms with Crippen LogP contribution in [0.5, 0.6) is 11.5 Å². The molecule has 1 N–H and O–H groups in total. The van der Waals surface area contributed by atoms with Gasteiger partial charge in [-0.05, 0) is 58.9 Å². The van der Waals surface area contributed by atoms with Crippen LogP contribution >= 0.6 is 0 Å². The lowest BCUT2D eigenvalue weighted by Crippen LogP contribution is -2.49. The van der Waals surface area contributed by atoms with Crippen LogP contribution in [-0.2, 0) is 29.0 Å². The first kappa shape index (κ1) is 44.1. The fourth-order valence-corrected chi connectivity index (χ4v) is 6.72. The van der Waals surface area contributed by atoms with Gasteiger partial charge in [0.15, 0.2) is 23.1 Å². The Morgan fingerprint density at radius 3 is 1.50 bits per heavy atom. The molecule has 0 aliphatic carbocycles. The van der Waals surface area contributed by atoms with E-state index in [9.17, 15) is 27.2 Å². The van der Waals surface area contributed by atoms with E-state index in [0.717, 1.165) is 55.9 Å². The van der Waals surface area contributed by atoms with Crippen molar-refractivity contribution in [1.29, 1.82) is 0 Å². The van der Waals surface area contributed by atoms with Gasteiger partial charge in [-0.15, -0.1) is 0 Å². The molecular weight excluding hydrogens is 753 g/mol. The van der Waals surface area contributed by atoms with Gasteiger partial charge in [0.25, 0.3) is 0 Å². The van der Waals surface area contributed by atoms with Gasteiger partial charge in [0, 0.05) is 84.0 Å². The highest BCUT2D eigenvalue weighted by atomic mass is 19.1. The van der Waals surface area contributed by atoms with Gasteiger partial charge in [0.1, 0.15) is 24.8 Å². The first-order valence-corrected chi connectivity index (χ1v) is 19.9. The highest BCUT2D eigenvalue weighted by molar-refractivity contribution is 5.79. The predicted octanol–water partition coefficient (Wildman–Crippen LogP) is 6.47. The SMILES string of the molecule is CC(C)c1ccc(CCC(=O)N2CCN(CCOc3ccc(F)cc3F)CC2)cc1.O=C(Cc1ccc(CO)cc1)N1CCN(CCOc2ccc(F)cc2F)CC1. The highest BCUT2D eigenvalue weighted by Gasteiger charge is 2.22. The van der Waals surface area contributed by atoms with E-state index in [4.69, 9.17) is 14.6 Å². The summed E-state index contributed by atoms with van der Waals surface area (Å²) in [4.78, 5) is 33.1. The third-order valence-corrected chi connectivity index (χ3v) is 10.4. The summed E-state index contributed by atoms with van der Waals surface area (Å²) in [7, 11) is 0. The number of halogens is 4. The van der Waals surface area contributed by atoms with Gasteiger partial charge in [-0.25, -0.2) is 17.6 Å². The molecule has 2 heterocycles. The van der Waals surface area contributed by atoms with E-state index in [1.807, 2.05) is 34.1 Å². The molecule has 4 aromatic rings. The van der Waals surface area contributed by atoms with Gasteiger partial charge in [0.05, 0.1) is 13.0 Å². The van der Waals surface area contributed by atoms with Crippen molar-refractivity contribution in [2.45, 2.75) is 45.6 Å². The van der Waals surface area contributed by atoms with Crippen LogP contribution in [-0.4, -0.2) is 115 Å². The fraction of sp³-hybridized carbons (Fsp3) is 0.422. The van der Waals surface area contributed by atoms with Crippen molar-refractivity contribution in [3.05, 3.63) is 130 Å². The second-order valence-corrected chi connectivity index (χ2v) is 14.8. The number of aryl methyl sites for hydroxylation is 1. The third-order valence-electron chi connectivity index (χ3n) is 10.4. The summed E-state index contributed by atoms with van der Waals surface area (Å²) in [6, 6.07) is 22.5. The van der Waals surface area contributed by atoms with Gasteiger partial charge < -0.3 is 24.4 Å². The molecule has 6 rings (SSSR count). The molecule has 0 radical (unpaired) electrons. The Morgan fingerprint density at radius 2 is 1.05 bits per heavy atom. The number of amides is 2. The lowest BCUT2D eigenvalue weighted by atomic mass is 10.00. The van der Waals surface area contributed by atoms with Crippen molar-refractivity contribution < 1.29 is 41.7 Å². The van der Waals surface area contributed by atoms with Crippen molar-refractivity contribution in [1.82, 2.24) is 19.6 Å². The molecule has 0 atom stereocenters. The Morgan fingerprint density at radius 1 is 0.603 bits per heavy atom. The van der Waals surface area contributed by atoms with Gasteiger partial charge in [-0.2, -0.15) is 0 Å². The van der Waals surface area contributed by atoms with Crippen LogP contribution < -0.4 is 9.47 Å². The zero-order valence-electron chi connectivity index (χ0n) is 33.4. The number of ether oxygens (including phenoxy) is 2. The minimum absolute atomic E-state index is 0.00625. The van der Waals surface area contributed by atoms with Crippen molar-refractivity contribution in [2.75, 3.05) is 78.7 Å². The minimum atomic E-state index is -0.706. The van der Waals surface area contributed by atoms with Crippen molar-refractivity contribution in [3.63, 3.8) is 0 Å². The fourth-order valence-electron chi connectivity index (χ4n) is 6.72. The molecule has 312 valence electrons. The second-order valence-electron chi connectivity index (χ2n) is 14.8. The number of hydrogen-bond acceptors (Lipinski definition) is 7. The first-order chi connectivity index (χ1) is 28.0. The quantitative estimate of drug-likeness (QED) is 0.138. The van der Waals surface area contributed by atoms with Gasteiger partial charge >= 0.3 is 0 Å². The number of carbonyl (C=O) groups is 2.